The summed E-state index contributed by atoms with van der Waals surface area (Å²) in [7, 11) is -3.53. The molecule has 1 aliphatic rings. The van der Waals surface area contributed by atoms with Crippen molar-refractivity contribution in [1.29, 1.82) is 0 Å². The van der Waals surface area contributed by atoms with Gasteiger partial charge in [0.1, 0.15) is 6.54 Å². The summed E-state index contributed by atoms with van der Waals surface area (Å²) < 4.78 is 25.6. The highest BCUT2D eigenvalue weighted by Crippen LogP contribution is 2.21. The highest BCUT2D eigenvalue weighted by Gasteiger charge is 2.21. The number of carbonyl (C=O) groups excluding carboxylic acids is 1. The van der Waals surface area contributed by atoms with Crippen LogP contribution in [0, 0.1) is 13.8 Å². The molecule has 1 N–H and O–H groups in total. The zero-order chi connectivity index (χ0) is 19.9. The van der Waals surface area contributed by atoms with Crippen molar-refractivity contribution < 1.29 is 13.2 Å². The molecule has 0 aromatic heterocycles. The summed E-state index contributed by atoms with van der Waals surface area (Å²) in [4.78, 5) is 14.8. The van der Waals surface area contributed by atoms with Crippen LogP contribution in [-0.2, 0) is 14.8 Å². The molecule has 152 valence electrons. The molecule has 1 saturated heterocycles. The molecule has 1 aromatic rings. The van der Waals surface area contributed by atoms with Gasteiger partial charge in [0.25, 0.3) is 0 Å². The third kappa shape index (κ3) is 7.50. The number of benzene rings is 1. The van der Waals surface area contributed by atoms with Gasteiger partial charge in [0.05, 0.1) is 11.9 Å². The molecular formula is C20H33N3O3S. The van der Waals surface area contributed by atoms with E-state index in [0.29, 0.717) is 12.2 Å². The Labute approximate surface area is 164 Å². The Balaban J connectivity index is 1.87. The van der Waals surface area contributed by atoms with Crippen LogP contribution in [0.15, 0.2) is 18.2 Å². The van der Waals surface area contributed by atoms with Crippen molar-refractivity contribution in [2.24, 2.45) is 0 Å². The average molecular weight is 396 g/mol. The van der Waals surface area contributed by atoms with Gasteiger partial charge in [-0.25, -0.2) is 8.42 Å². The maximum absolute atomic E-state index is 12.3. The molecule has 1 amide bonds. The molecule has 0 atom stereocenters. The maximum atomic E-state index is 12.3. The van der Waals surface area contributed by atoms with E-state index in [1.807, 2.05) is 19.9 Å². The van der Waals surface area contributed by atoms with Gasteiger partial charge >= 0.3 is 0 Å². The van der Waals surface area contributed by atoms with Crippen LogP contribution in [0.3, 0.4) is 0 Å². The number of likely N-dealkylation sites (tertiary alicyclic amines) is 1. The zero-order valence-electron chi connectivity index (χ0n) is 16.8. The monoisotopic (exact) mass is 395 g/mol. The molecule has 1 aromatic carbocycles. The first kappa shape index (κ1) is 21.7. The topological polar surface area (TPSA) is 69.7 Å². The quantitative estimate of drug-likeness (QED) is 0.687. The second-order valence-electron chi connectivity index (χ2n) is 7.57. The van der Waals surface area contributed by atoms with Crippen molar-refractivity contribution in [2.45, 2.75) is 46.0 Å². The fourth-order valence-electron chi connectivity index (χ4n) is 3.57. The lowest BCUT2D eigenvalue weighted by Gasteiger charge is -2.23. The molecule has 0 radical (unpaired) electrons. The van der Waals surface area contributed by atoms with E-state index in [9.17, 15) is 13.2 Å². The van der Waals surface area contributed by atoms with Crippen LogP contribution in [0.2, 0.25) is 0 Å². The predicted octanol–water partition coefficient (Wildman–Crippen LogP) is 2.45. The van der Waals surface area contributed by atoms with Gasteiger partial charge < -0.3 is 10.2 Å². The number of rotatable bonds is 8. The number of aryl methyl sites for hydroxylation is 2. The van der Waals surface area contributed by atoms with E-state index in [2.05, 4.69) is 10.2 Å². The number of carbonyl (C=O) groups is 1. The number of amides is 1. The third-order valence-corrected chi connectivity index (χ3v) is 5.99. The largest absolute Gasteiger partial charge is 0.354 e. The number of nitrogens with one attached hydrogen (secondary N) is 1. The Morgan fingerprint density at radius 1 is 1.07 bits per heavy atom. The lowest BCUT2D eigenvalue weighted by atomic mass is 10.1. The molecule has 0 spiro atoms. The first-order valence-electron chi connectivity index (χ1n) is 9.81. The fourth-order valence-corrected chi connectivity index (χ4v) is 4.41. The number of nitrogens with zero attached hydrogens (tertiary/aromatic N) is 2. The summed E-state index contributed by atoms with van der Waals surface area (Å²) in [6, 6.07) is 5.56. The standard InChI is InChI=1S/C20H33N3O3S/c1-17-13-18(2)15-19(14-17)23(27(3,25)26)16-20(24)21-9-8-12-22-10-6-4-5-7-11-22/h13-15H,4-12,16H2,1-3H3,(H,21,24). The average Bonchev–Trinajstić information content (AvgIpc) is 2.83. The van der Waals surface area contributed by atoms with E-state index in [1.54, 1.807) is 12.1 Å². The Hall–Kier alpha value is -1.60. The molecule has 0 bridgehead atoms. The summed E-state index contributed by atoms with van der Waals surface area (Å²) in [6.07, 6.45) is 7.16. The van der Waals surface area contributed by atoms with Gasteiger partial charge in [-0.2, -0.15) is 0 Å². The van der Waals surface area contributed by atoms with Gasteiger partial charge in [-0.05, 0) is 76.0 Å². The van der Waals surface area contributed by atoms with Crippen LogP contribution in [-0.4, -0.2) is 58.2 Å². The van der Waals surface area contributed by atoms with Crippen molar-refractivity contribution in [3.8, 4) is 0 Å². The molecule has 1 heterocycles. The molecule has 0 aliphatic carbocycles. The van der Waals surface area contributed by atoms with Gasteiger partial charge in [0, 0.05) is 6.54 Å². The summed E-state index contributed by atoms with van der Waals surface area (Å²) >= 11 is 0. The number of hydrogen-bond acceptors (Lipinski definition) is 4. The van der Waals surface area contributed by atoms with Crippen LogP contribution in [0.5, 0.6) is 0 Å². The van der Waals surface area contributed by atoms with E-state index < -0.39 is 10.0 Å². The summed E-state index contributed by atoms with van der Waals surface area (Å²) in [5.41, 5.74) is 2.47. The Morgan fingerprint density at radius 3 is 2.22 bits per heavy atom. The lowest BCUT2D eigenvalue weighted by Crippen LogP contribution is -2.41. The highest BCUT2D eigenvalue weighted by molar-refractivity contribution is 7.92. The van der Waals surface area contributed by atoms with Gasteiger partial charge in [-0.1, -0.05) is 18.9 Å². The second-order valence-corrected chi connectivity index (χ2v) is 9.48. The Kier molecular flexibility index (Phi) is 8.10. The van der Waals surface area contributed by atoms with Gasteiger partial charge in [-0.3, -0.25) is 9.10 Å². The molecular weight excluding hydrogens is 362 g/mol. The number of hydrogen-bond donors (Lipinski definition) is 1. The lowest BCUT2D eigenvalue weighted by molar-refractivity contribution is -0.119. The van der Waals surface area contributed by atoms with Crippen LogP contribution >= 0.6 is 0 Å². The van der Waals surface area contributed by atoms with E-state index in [-0.39, 0.29) is 12.5 Å². The van der Waals surface area contributed by atoms with E-state index in [4.69, 9.17) is 0 Å². The molecule has 7 heteroatoms. The number of anilines is 1. The van der Waals surface area contributed by atoms with Crippen LogP contribution < -0.4 is 9.62 Å². The molecule has 0 saturated carbocycles. The van der Waals surface area contributed by atoms with Crippen molar-refractivity contribution in [2.75, 3.05) is 43.3 Å². The van der Waals surface area contributed by atoms with Crippen molar-refractivity contribution in [3.63, 3.8) is 0 Å². The highest BCUT2D eigenvalue weighted by atomic mass is 32.2. The van der Waals surface area contributed by atoms with Gasteiger partial charge in [0.2, 0.25) is 15.9 Å². The molecule has 2 rings (SSSR count). The first-order valence-corrected chi connectivity index (χ1v) is 11.7. The zero-order valence-corrected chi connectivity index (χ0v) is 17.6. The minimum atomic E-state index is -3.53. The Bertz CT molecular complexity index is 706. The molecule has 6 nitrogen and oxygen atoms in total. The Morgan fingerprint density at radius 2 is 1.67 bits per heavy atom. The fraction of sp³-hybridized carbons (Fsp3) is 0.650. The van der Waals surface area contributed by atoms with Crippen LogP contribution in [0.1, 0.15) is 43.2 Å². The van der Waals surface area contributed by atoms with Gasteiger partial charge in [-0.15, -0.1) is 0 Å². The molecule has 27 heavy (non-hydrogen) atoms. The maximum Gasteiger partial charge on any atom is 0.240 e. The summed E-state index contributed by atoms with van der Waals surface area (Å²) in [5, 5.41) is 2.87. The van der Waals surface area contributed by atoms with Crippen LogP contribution in [0.4, 0.5) is 5.69 Å². The smallest absolute Gasteiger partial charge is 0.240 e. The molecule has 1 fully saturated rings. The number of sulfonamides is 1. The SMILES string of the molecule is Cc1cc(C)cc(N(CC(=O)NCCCN2CCCCCC2)S(C)(=O)=O)c1. The normalized spacial score (nSPS) is 16.0. The summed E-state index contributed by atoms with van der Waals surface area (Å²) in [6.45, 7) is 7.48. The molecule has 1 aliphatic heterocycles. The second kappa shape index (κ2) is 10.1. The third-order valence-electron chi connectivity index (χ3n) is 4.85. The van der Waals surface area contributed by atoms with Gasteiger partial charge in [0.15, 0.2) is 0 Å². The molecule has 0 unspecified atom stereocenters. The van der Waals surface area contributed by atoms with E-state index in [1.165, 1.54) is 30.0 Å². The van der Waals surface area contributed by atoms with E-state index >= 15 is 0 Å². The van der Waals surface area contributed by atoms with Crippen LogP contribution in [0.25, 0.3) is 0 Å². The summed E-state index contributed by atoms with van der Waals surface area (Å²) in [5.74, 6) is -0.268. The predicted molar refractivity (Wildman–Crippen MR) is 111 cm³/mol. The van der Waals surface area contributed by atoms with Crippen molar-refractivity contribution in [3.05, 3.63) is 29.3 Å². The van der Waals surface area contributed by atoms with Crippen molar-refractivity contribution in [1.82, 2.24) is 10.2 Å². The van der Waals surface area contributed by atoms with Crippen molar-refractivity contribution >= 4 is 21.6 Å². The minimum absolute atomic E-state index is 0.189. The minimum Gasteiger partial charge on any atom is -0.354 e. The van der Waals surface area contributed by atoms with E-state index in [0.717, 1.165) is 43.4 Å². The first-order chi connectivity index (χ1) is 12.8.